The molecule has 0 aliphatic rings. The van der Waals surface area contributed by atoms with Crippen LogP contribution < -0.4 is 0 Å². The summed E-state index contributed by atoms with van der Waals surface area (Å²) in [7, 11) is 1.24. The SMILES string of the molecule is COC(=O)[C@@H](CC(=O)OC(C)(C)C)Cc1ccc(C(C)(F)F)cc1. The van der Waals surface area contributed by atoms with Gasteiger partial charge in [-0.2, -0.15) is 0 Å². The van der Waals surface area contributed by atoms with Crippen molar-refractivity contribution in [3.63, 3.8) is 0 Å². The Morgan fingerprint density at radius 1 is 1.08 bits per heavy atom. The summed E-state index contributed by atoms with van der Waals surface area (Å²) in [6.45, 7) is 6.03. The second-order valence-corrected chi connectivity index (χ2v) is 6.80. The third-order valence-electron chi connectivity index (χ3n) is 3.31. The highest BCUT2D eigenvalue weighted by Crippen LogP contribution is 2.27. The lowest BCUT2D eigenvalue weighted by Crippen LogP contribution is -2.28. The molecule has 0 spiro atoms. The fraction of sp³-hybridized carbons (Fsp3) is 0.556. The van der Waals surface area contributed by atoms with Gasteiger partial charge in [-0.05, 0) is 32.8 Å². The number of hydrogen-bond acceptors (Lipinski definition) is 4. The van der Waals surface area contributed by atoms with Crippen LogP contribution in [0.3, 0.4) is 0 Å². The van der Waals surface area contributed by atoms with Crippen LogP contribution >= 0.6 is 0 Å². The second kappa shape index (κ2) is 7.73. The molecule has 24 heavy (non-hydrogen) atoms. The molecule has 134 valence electrons. The number of ether oxygens (including phenoxy) is 2. The summed E-state index contributed by atoms with van der Waals surface area (Å²) in [5, 5.41) is 0. The highest BCUT2D eigenvalue weighted by molar-refractivity contribution is 5.80. The lowest BCUT2D eigenvalue weighted by Gasteiger charge is -2.21. The van der Waals surface area contributed by atoms with Crippen LogP contribution in [-0.4, -0.2) is 24.6 Å². The van der Waals surface area contributed by atoms with Crippen LogP contribution in [0.15, 0.2) is 24.3 Å². The Morgan fingerprint density at radius 2 is 1.62 bits per heavy atom. The standard InChI is InChI=1S/C18H24F2O4/c1-17(2,3)24-15(21)11-13(16(22)23-5)10-12-6-8-14(9-7-12)18(4,19)20/h6-9,13H,10-11H2,1-5H3/t13-/m1/s1. The molecule has 0 bridgehead atoms. The number of methoxy groups -OCH3 is 1. The van der Waals surface area contributed by atoms with E-state index in [1.807, 2.05) is 0 Å². The maximum Gasteiger partial charge on any atom is 0.309 e. The number of carbonyl (C=O) groups is 2. The van der Waals surface area contributed by atoms with Gasteiger partial charge in [0, 0.05) is 12.5 Å². The molecule has 0 unspecified atom stereocenters. The van der Waals surface area contributed by atoms with E-state index in [9.17, 15) is 18.4 Å². The molecule has 1 rings (SSSR count). The molecular weight excluding hydrogens is 318 g/mol. The second-order valence-electron chi connectivity index (χ2n) is 6.80. The molecule has 0 heterocycles. The van der Waals surface area contributed by atoms with Gasteiger partial charge >= 0.3 is 11.9 Å². The molecule has 0 aliphatic carbocycles. The number of rotatable bonds is 6. The van der Waals surface area contributed by atoms with Crippen molar-refractivity contribution in [2.45, 2.75) is 52.1 Å². The van der Waals surface area contributed by atoms with E-state index in [0.29, 0.717) is 5.56 Å². The monoisotopic (exact) mass is 342 g/mol. The third kappa shape index (κ3) is 6.64. The normalized spacial score (nSPS) is 13.3. The summed E-state index contributed by atoms with van der Waals surface area (Å²) in [6, 6.07) is 5.68. The molecule has 0 saturated heterocycles. The molecule has 1 atom stereocenters. The maximum atomic E-state index is 13.2. The summed E-state index contributed by atoms with van der Waals surface area (Å²) in [5.74, 6) is -4.69. The molecule has 0 fully saturated rings. The van der Waals surface area contributed by atoms with E-state index in [1.54, 1.807) is 20.8 Å². The zero-order chi connectivity index (χ0) is 18.5. The highest BCUT2D eigenvalue weighted by Gasteiger charge is 2.27. The van der Waals surface area contributed by atoms with Gasteiger partial charge in [0.15, 0.2) is 0 Å². The van der Waals surface area contributed by atoms with E-state index < -0.39 is 29.4 Å². The van der Waals surface area contributed by atoms with Gasteiger partial charge in [-0.1, -0.05) is 24.3 Å². The van der Waals surface area contributed by atoms with Crippen molar-refractivity contribution < 1.29 is 27.8 Å². The summed E-state index contributed by atoms with van der Waals surface area (Å²) in [4.78, 5) is 23.8. The number of esters is 2. The molecule has 0 aliphatic heterocycles. The molecule has 1 aromatic carbocycles. The van der Waals surface area contributed by atoms with Crippen LogP contribution in [0.4, 0.5) is 8.78 Å². The third-order valence-corrected chi connectivity index (χ3v) is 3.31. The predicted molar refractivity (Wildman–Crippen MR) is 85.7 cm³/mol. The summed E-state index contributed by atoms with van der Waals surface area (Å²) in [5.41, 5.74) is -0.0819. The number of alkyl halides is 2. The lowest BCUT2D eigenvalue weighted by molar-refractivity contribution is -0.160. The first-order valence-corrected chi connectivity index (χ1v) is 7.69. The molecule has 0 N–H and O–H groups in total. The van der Waals surface area contributed by atoms with Gasteiger partial charge in [-0.3, -0.25) is 9.59 Å². The Labute approximate surface area is 141 Å². The minimum absolute atomic E-state index is 0.104. The zero-order valence-electron chi connectivity index (χ0n) is 14.7. The summed E-state index contributed by atoms with van der Waals surface area (Å²) in [6.07, 6.45) is 0.0805. The fourth-order valence-corrected chi connectivity index (χ4v) is 2.21. The van der Waals surface area contributed by atoms with Crippen molar-refractivity contribution in [2.24, 2.45) is 5.92 Å². The van der Waals surface area contributed by atoms with Crippen molar-refractivity contribution in [3.05, 3.63) is 35.4 Å². The van der Waals surface area contributed by atoms with E-state index in [4.69, 9.17) is 9.47 Å². The van der Waals surface area contributed by atoms with Crippen molar-refractivity contribution in [1.29, 1.82) is 0 Å². The molecule has 0 radical (unpaired) electrons. The van der Waals surface area contributed by atoms with Crippen LogP contribution in [0.1, 0.15) is 45.2 Å². The Kier molecular flexibility index (Phi) is 6.46. The van der Waals surface area contributed by atoms with Crippen LogP contribution in [0.2, 0.25) is 0 Å². The maximum absolute atomic E-state index is 13.2. The smallest absolute Gasteiger partial charge is 0.309 e. The first-order chi connectivity index (χ1) is 10.9. The van der Waals surface area contributed by atoms with E-state index in [-0.39, 0.29) is 18.4 Å². The van der Waals surface area contributed by atoms with E-state index in [1.165, 1.54) is 31.4 Å². The first-order valence-electron chi connectivity index (χ1n) is 7.69. The average molecular weight is 342 g/mol. The quantitative estimate of drug-likeness (QED) is 0.737. The Hall–Kier alpha value is -1.98. The topological polar surface area (TPSA) is 52.6 Å². The minimum atomic E-state index is -2.92. The Balaban J connectivity index is 2.83. The molecular formula is C18H24F2O4. The molecule has 1 aromatic rings. The van der Waals surface area contributed by atoms with Gasteiger partial charge in [0.1, 0.15) is 5.60 Å². The van der Waals surface area contributed by atoms with Crippen molar-refractivity contribution >= 4 is 11.9 Å². The van der Waals surface area contributed by atoms with Gasteiger partial charge in [0.05, 0.1) is 19.4 Å². The van der Waals surface area contributed by atoms with Crippen molar-refractivity contribution in [1.82, 2.24) is 0 Å². The van der Waals surface area contributed by atoms with Crippen LogP contribution in [-0.2, 0) is 31.4 Å². The van der Waals surface area contributed by atoms with Crippen molar-refractivity contribution in [2.75, 3.05) is 7.11 Å². The molecule has 0 aromatic heterocycles. The molecule has 0 amide bonds. The van der Waals surface area contributed by atoms with Crippen LogP contribution in [0.5, 0.6) is 0 Å². The first kappa shape index (κ1) is 20.1. The van der Waals surface area contributed by atoms with E-state index in [0.717, 1.165) is 6.92 Å². The van der Waals surface area contributed by atoms with Crippen molar-refractivity contribution in [3.8, 4) is 0 Å². The number of halogens is 2. The van der Waals surface area contributed by atoms with Gasteiger partial charge in [-0.15, -0.1) is 0 Å². The van der Waals surface area contributed by atoms with Gasteiger partial charge < -0.3 is 9.47 Å². The zero-order valence-corrected chi connectivity index (χ0v) is 14.7. The highest BCUT2D eigenvalue weighted by atomic mass is 19.3. The van der Waals surface area contributed by atoms with Gasteiger partial charge in [0.2, 0.25) is 0 Å². The fourth-order valence-electron chi connectivity index (χ4n) is 2.21. The minimum Gasteiger partial charge on any atom is -0.469 e. The summed E-state index contributed by atoms with van der Waals surface area (Å²) < 4.78 is 36.4. The number of hydrogen-bond donors (Lipinski definition) is 0. The molecule has 0 saturated carbocycles. The largest absolute Gasteiger partial charge is 0.469 e. The lowest BCUT2D eigenvalue weighted by atomic mass is 9.95. The van der Waals surface area contributed by atoms with Crippen LogP contribution in [0, 0.1) is 5.92 Å². The molecule has 6 heteroatoms. The van der Waals surface area contributed by atoms with Gasteiger partial charge in [0.25, 0.3) is 5.92 Å². The van der Waals surface area contributed by atoms with Gasteiger partial charge in [-0.25, -0.2) is 8.78 Å². The van der Waals surface area contributed by atoms with E-state index in [2.05, 4.69) is 0 Å². The predicted octanol–water partition coefficient (Wildman–Crippen LogP) is 3.86. The Morgan fingerprint density at radius 3 is 2.04 bits per heavy atom. The van der Waals surface area contributed by atoms with Crippen LogP contribution in [0.25, 0.3) is 0 Å². The number of benzene rings is 1. The van der Waals surface area contributed by atoms with E-state index >= 15 is 0 Å². The average Bonchev–Trinajstić information content (AvgIpc) is 2.43. The number of carbonyl (C=O) groups excluding carboxylic acids is 2. The Bertz CT molecular complexity index is 568. The summed E-state index contributed by atoms with van der Waals surface area (Å²) >= 11 is 0. The molecule has 4 nitrogen and oxygen atoms in total.